The van der Waals surface area contributed by atoms with Crippen LogP contribution in [0.25, 0.3) is 0 Å². The van der Waals surface area contributed by atoms with E-state index in [0.29, 0.717) is 0 Å². The van der Waals surface area contributed by atoms with Crippen LogP contribution in [-0.4, -0.2) is 0 Å². The molecule has 3 rings (SSSR count). The van der Waals surface area contributed by atoms with Crippen LogP contribution in [0.4, 0.5) is 0 Å². The van der Waals surface area contributed by atoms with Gasteiger partial charge in [-0.25, -0.2) is 0 Å². The summed E-state index contributed by atoms with van der Waals surface area (Å²) in [6.07, 6.45) is 0. The van der Waals surface area contributed by atoms with E-state index in [1.807, 2.05) is 54.6 Å². The lowest BCUT2D eigenvalue weighted by Crippen LogP contribution is -2.39. The second-order valence-corrected chi connectivity index (χ2v) is 4.91. The topological polar surface area (TPSA) is 26.0 Å². The quantitative estimate of drug-likeness (QED) is 0.714. The molecule has 0 heterocycles. The van der Waals surface area contributed by atoms with E-state index >= 15 is 0 Å². The maximum absolute atomic E-state index is 6.86. The van der Waals surface area contributed by atoms with Crippen molar-refractivity contribution >= 4 is 12.4 Å². The lowest BCUT2D eigenvalue weighted by Gasteiger charge is -2.31. The van der Waals surface area contributed by atoms with E-state index in [0.717, 1.165) is 16.7 Å². The van der Waals surface area contributed by atoms with Crippen LogP contribution in [0, 0.1) is 0 Å². The van der Waals surface area contributed by atoms with Crippen molar-refractivity contribution in [1.29, 1.82) is 0 Å². The summed E-state index contributed by atoms with van der Waals surface area (Å²) in [5.41, 5.74) is 9.53. The highest BCUT2D eigenvalue weighted by atomic mass is 35.5. The lowest BCUT2D eigenvalue weighted by molar-refractivity contribution is 0.653. The van der Waals surface area contributed by atoms with Crippen molar-refractivity contribution in [3.63, 3.8) is 0 Å². The Kier molecular flexibility index (Phi) is 4.79. The smallest absolute Gasteiger partial charge is 0.0922 e. The van der Waals surface area contributed by atoms with Gasteiger partial charge in [-0.3, -0.25) is 0 Å². The Balaban J connectivity index is 0.00000161. The molecule has 0 unspecified atom stereocenters. The molecule has 0 fully saturated rings. The fourth-order valence-electron chi connectivity index (χ4n) is 2.60. The Morgan fingerprint density at radius 2 is 0.714 bits per heavy atom. The molecule has 0 bridgehead atoms. The predicted octanol–water partition coefficient (Wildman–Crippen LogP) is 4.36. The highest BCUT2D eigenvalue weighted by molar-refractivity contribution is 5.85. The van der Waals surface area contributed by atoms with Gasteiger partial charge >= 0.3 is 0 Å². The van der Waals surface area contributed by atoms with E-state index in [9.17, 15) is 0 Å². The molecule has 0 aromatic heterocycles. The van der Waals surface area contributed by atoms with E-state index in [4.69, 9.17) is 5.73 Å². The van der Waals surface area contributed by atoms with Gasteiger partial charge in [-0.05, 0) is 16.7 Å². The molecular formula is C19H18ClN. The molecule has 3 aromatic rings. The number of hydrogen-bond donors (Lipinski definition) is 1. The number of rotatable bonds is 3. The summed E-state index contributed by atoms with van der Waals surface area (Å²) in [6.45, 7) is 0. The normalized spacial score (nSPS) is 10.7. The van der Waals surface area contributed by atoms with Gasteiger partial charge in [-0.1, -0.05) is 91.0 Å². The zero-order chi connectivity index (χ0) is 13.8. The van der Waals surface area contributed by atoms with E-state index in [1.54, 1.807) is 0 Å². The van der Waals surface area contributed by atoms with Gasteiger partial charge in [0.05, 0.1) is 5.54 Å². The molecule has 0 aliphatic heterocycles. The van der Waals surface area contributed by atoms with E-state index < -0.39 is 5.54 Å². The molecule has 0 radical (unpaired) electrons. The van der Waals surface area contributed by atoms with Crippen molar-refractivity contribution in [3.8, 4) is 0 Å². The van der Waals surface area contributed by atoms with Crippen molar-refractivity contribution in [3.05, 3.63) is 108 Å². The monoisotopic (exact) mass is 295 g/mol. The van der Waals surface area contributed by atoms with Crippen LogP contribution < -0.4 is 5.73 Å². The number of nitrogens with two attached hydrogens (primary N) is 1. The third kappa shape index (κ3) is 2.85. The van der Waals surface area contributed by atoms with Crippen LogP contribution in [0.5, 0.6) is 0 Å². The molecular weight excluding hydrogens is 278 g/mol. The molecule has 0 spiro atoms. The predicted molar refractivity (Wildman–Crippen MR) is 90.6 cm³/mol. The van der Waals surface area contributed by atoms with Crippen molar-refractivity contribution in [2.75, 3.05) is 0 Å². The third-order valence-corrected chi connectivity index (χ3v) is 3.69. The first kappa shape index (κ1) is 15.3. The average Bonchev–Trinajstić information content (AvgIpc) is 2.56. The number of hydrogen-bond acceptors (Lipinski definition) is 1. The van der Waals surface area contributed by atoms with Gasteiger partial charge in [-0.2, -0.15) is 0 Å². The molecule has 106 valence electrons. The molecule has 3 aromatic carbocycles. The number of halogens is 1. The Bertz CT molecular complexity index is 569. The molecule has 2 heteroatoms. The second-order valence-electron chi connectivity index (χ2n) is 4.91. The summed E-state index contributed by atoms with van der Waals surface area (Å²) < 4.78 is 0. The van der Waals surface area contributed by atoms with Crippen molar-refractivity contribution < 1.29 is 0 Å². The van der Waals surface area contributed by atoms with Crippen molar-refractivity contribution in [1.82, 2.24) is 0 Å². The van der Waals surface area contributed by atoms with Crippen molar-refractivity contribution in [2.45, 2.75) is 5.54 Å². The minimum Gasteiger partial charge on any atom is -0.314 e. The van der Waals surface area contributed by atoms with Crippen molar-refractivity contribution in [2.24, 2.45) is 5.73 Å². The Labute approximate surface area is 131 Å². The molecule has 0 atom stereocenters. The highest BCUT2D eigenvalue weighted by Gasteiger charge is 2.31. The first-order valence-electron chi connectivity index (χ1n) is 6.77. The largest absolute Gasteiger partial charge is 0.314 e. The van der Waals surface area contributed by atoms with Gasteiger partial charge in [0.25, 0.3) is 0 Å². The first-order chi connectivity index (χ1) is 9.82. The van der Waals surface area contributed by atoms with Crippen LogP contribution in [0.2, 0.25) is 0 Å². The molecule has 0 aliphatic carbocycles. The van der Waals surface area contributed by atoms with Crippen LogP contribution in [0.15, 0.2) is 91.0 Å². The van der Waals surface area contributed by atoms with Crippen LogP contribution in [0.1, 0.15) is 16.7 Å². The minimum atomic E-state index is -0.621. The minimum absolute atomic E-state index is 0. The lowest BCUT2D eigenvalue weighted by atomic mass is 9.78. The fraction of sp³-hybridized carbons (Fsp3) is 0.0526. The average molecular weight is 296 g/mol. The third-order valence-electron chi connectivity index (χ3n) is 3.69. The van der Waals surface area contributed by atoms with Gasteiger partial charge in [0.1, 0.15) is 0 Å². The van der Waals surface area contributed by atoms with Crippen LogP contribution in [0.3, 0.4) is 0 Å². The van der Waals surface area contributed by atoms with Gasteiger partial charge in [0.2, 0.25) is 0 Å². The summed E-state index contributed by atoms with van der Waals surface area (Å²) in [7, 11) is 0. The molecule has 2 N–H and O–H groups in total. The molecule has 1 nitrogen and oxygen atoms in total. The summed E-state index contributed by atoms with van der Waals surface area (Å²) in [5.74, 6) is 0. The standard InChI is InChI=1S/C19H17N.ClH/c20-19(16-10-4-1-5-11-16,17-12-6-2-7-13-17)18-14-8-3-9-15-18;/h1-15H,20H2;1H. The first-order valence-corrected chi connectivity index (χ1v) is 6.77. The SMILES string of the molecule is Cl.NC(c1ccccc1)(c1ccccc1)c1ccccc1. The van der Waals surface area contributed by atoms with Gasteiger partial charge in [0, 0.05) is 0 Å². The maximum Gasteiger partial charge on any atom is 0.0922 e. The molecule has 0 saturated carbocycles. The van der Waals surface area contributed by atoms with Gasteiger partial charge < -0.3 is 5.73 Å². The number of benzene rings is 3. The molecule has 0 amide bonds. The summed E-state index contributed by atoms with van der Waals surface area (Å²) in [4.78, 5) is 0. The Morgan fingerprint density at radius 3 is 0.952 bits per heavy atom. The molecule has 21 heavy (non-hydrogen) atoms. The van der Waals surface area contributed by atoms with E-state index in [2.05, 4.69) is 36.4 Å². The Hall–Kier alpha value is -2.09. The zero-order valence-corrected chi connectivity index (χ0v) is 12.5. The van der Waals surface area contributed by atoms with Crippen LogP contribution >= 0.6 is 12.4 Å². The van der Waals surface area contributed by atoms with Gasteiger partial charge in [-0.15, -0.1) is 12.4 Å². The molecule has 0 aliphatic rings. The zero-order valence-electron chi connectivity index (χ0n) is 11.6. The fourth-order valence-corrected chi connectivity index (χ4v) is 2.60. The second kappa shape index (κ2) is 6.57. The summed E-state index contributed by atoms with van der Waals surface area (Å²) in [5, 5.41) is 0. The maximum atomic E-state index is 6.86. The van der Waals surface area contributed by atoms with E-state index in [-0.39, 0.29) is 12.4 Å². The van der Waals surface area contributed by atoms with E-state index in [1.165, 1.54) is 0 Å². The van der Waals surface area contributed by atoms with Gasteiger partial charge in [0.15, 0.2) is 0 Å². The summed E-state index contributed by atoms with van der Waals surface area (Å²) >= 11 is 0. The molecule has 0 saturated heterocycles. The highest BCUT2D eigenvalue weighted by Crippen LogP contribution is 2.33. The van der Waals surface area contributed by atoms with Crippen LogP contribution in [-0.2, 0) is 5.54 Å². The summed E-state index contributed by atoms with van der Waals surface area (Å²) in [6, 6.07) is 30.7. The Morgan fingerprint density at radius 1 is 0.476 bits per heavy atom.